The third-order valence-electron chi connectivity index (χ3n) is 3.93. The topological polar surface area (TPSA) is 104 Å². The molecule has 29 heavy (non-hydrogen) atoms. The van der Waals surface area contributed by atoms with E-state index < -0.39 is 17.9 Å². The second-order valence-electron chi connectivity index (χ2n) is 5.97. The molecule has 1 aliphatic heterocycles. The minimum Gasteiger partial charge on any atom is -0.496 e. The highest BCUT2D eigenvalue weighted by Crippen LogP contribution is 2.25. The van der Waals surface area contributed by atoms with Crippen molar-refractivity contribution in [2.75, 3.05) is 12.4 Å². The number of aliphatic imine (C=N–C) groups is 1. The third-order valence-corrected chi connectivity index (χ3v) is 4.47. The number of nitrogens with zero attached hydrogens (tertiary/aromatic N) is 2. The summed E-state index contributed by atoms with van der Waals surface area (Å²) < 4.78 is 5.23. The van der Waals surface area contributed by atoms with E-state index in [1.54, 1.807) is 25.3 Å². The summed E-state index contributed by atoms with van der Waals surface area (Å²) >= 11 is 11.9. The van der Waals surface area contributed by atoms with E-state index in [9.17, 15) is 9.59 Å². The number of anilines is 1. The molecule has 0 fully saturated rings. The standard InChI is InChI=1S/C19H17Cl2N5O3/c1-29-16-5-3-2-4-11(16)10-22-26-19-24-15(18(28)25-19)9-17(27)23-14-7-6-12(20)8-13(14)21/h2-8,10,15H,9H2,1H3,(H,23,27)(H2,24,25,26,28)/b22-10-/t15-/m1/s1. The van der Waals surface area contributed by atoms with Gasteiger partial charge in [0, 0.05) is 10.6 Å². The van der Waals surface area contributed by atoms with Gasteiger partial charge in [0.05, 0.1) is 30.5 Å². The second kappa shape index (κ2) is 9.40. The number of carbonyl (C=O) groups excluding carboxylic acids is 2. The number of rotatable bonds is 6. The lowest BCUT2D eigenvalue weighted by Crippen LogP contribution is -2.35. The van der Waals surface area contributed by atoms with Gasteiger partial charge in [-0.3, -0.25) is 14.9 Å². The van der Waals surface area contributed by atoms with Crippen LogP contribution in [0.2, 0.25) is 10.0 Å². The Morgan fingerprint density at radius 1 is 1.31 bits per heavy atom. The van der Waals surface area contributed by atoms with Crippen molar-refractivity contribution < 1.29 is 14.3 Å². The summed E-state index contributed by atoms with van der Waals surface area (Å²) in [5, 5.41) is 9.97. The molecule has 1 atom stereocenters. The van der Waals surface area contributed by atoms with Crippen LogP contribution in [0.25, 0.3) is 0 Å². The number of amides is 2. The van der Waals surface area contributed by atoms with Crippen LogP contribution in [0.4, 0.5) is 5.69 Å². The number of hydrogen-bond acceptors (Lipinski definition) is 6. The van der Waals surface area contributed by atoms with Crippen LogP contribution in [0, 0.1) is 0 Å². The summed E-state index contributed by atoms with van der Waals surface area (Å²) in [4.78, 5) is 28.4. The van der Waals surface area contributed by atoms with Crippen molar-refractivity contribution in [2.24, 2.45) is 10.1 Å². The fourth-order valence-corrected chi connectivity index (χ4v) is 3.00. The van der Waals surface area contributed by atoms with Crippen LogP contribution in [-0.2, 0) is 9.59 Å². The molecule has 0 unspecified atom stereocenters. The molecule has 1 heterocycles. The molecule has 2 amide bonds. The maximum atomic E-state index is 12.2. The smallest absolute Gasteiger partial charge is 0.252 e. The molecule has 0 radical (unpaired) electrons. The van der Waals surface area contributed by atoms with Gasteiger partial charge in [-0.25, -0.2) is 10.4 Å². The van der Waals surface area contributed by atoms with Crippen LogP contribution in [0.5, 0.6) is 5.75 Å². The first-order valence-electron chi connectivity index (χ1n) is 8.52. The fourth-order valence-electron chi connectivity index (χ4n) is 2.55. The molecule has 8 nitrogen and oxygen atoms in total. The Morgan fingerprint density at radius 3 is 2.86 bits per heavy atom. The number of hydrazone groups is 1. The zero-order valence-corrected chi connectivity index (χ0v) is 16.8. The Bertz CT molecular complexity index is 994. The van der Waals surface area contributed by atoms with Crippen molar-refractivity contribution in [1.29, 1.82) is 0 Å². The van der Waals surface area contributed by atoms with Crippen molar-refractivity contribution >= 4 is 52.9 Å². The zero-order chi connectivity index (χ0) is 20.8. The SMILES string of the molecule is COc1ccccc1/C=N\NC1=N[C@H](CC(=O)Nc2ccc(Cl)cc2Cl)C(=O)N1. The first-order chi connectivity index (χ1) is 14.0. The minimum absolute atomic E-state index is 0.147. The summed E-state index contributed by atoms with van der Waals surface area (Å²) in [6.07, 6.45) is 1.39. The molecule has 10 heteroatoms. The van der Waals surface area contributed by atoms with Crippen LogP contribution in [0.15, 0.2) is 52.6 Å². The summed E-state index contributed by atoms with van der Waals surface area (Å²) in [5.41, 5.74) is 3.80. The Morgan fingerprint density at radius 2 is 2.10 bits per heavy atom. The Balaban J connectivity index is 1.58. The van der Waals surface area contributed by atoms with E-state index in [1.807, 2.05) is 18.2 Å². The van der Waals surface area contributed by atoms with E-state index in [0.717, 1.165) is 5.56 Å². The quantitative estimate of drug-likeness (QED) is 0.481. The predicted molar refractivity (Wildman–Crippen MR) is 113 cm³/mol. The van der Waals surface area contributed by atoms with Gasteiger partial charge in [-0.05, 0) is 30.3 Å². The molecule has 2 aromatic rings. The molecule has 0 bridgehead atoms. The van der Waals surface area contributed by atoms with Crippen molar-refractivity contribution in [3.05, 3.63) is 58.1 Å². The number of para-hydroxylation sites is 1. The van der Waals surface area contributed by atoms with Crippen molar-refractivity contribution in [2.45, 2.75) is 12.5 Å². The summed E-state index contributed by atoms with van der Waals surface area (Å²) in [6.45, 7) is 0. The number of guanidine groups is 1. The number of carbonyl (C=O) groups is 2. The third kappa shape index (κ3) is 5.46. The summed E-state index contributed by atoms with van der Waals surface area (Å²) in [6, 6.07) is 11.2. The zero-order valence-electron chi connectivity index (χ0n) is 15.3. The van der Waals surface area contributed by atoms with E-state index in [4.69, 9.17) is 27.9 Å². The van der Waals surface area contributed by atoms with Crippen molar-refractivity contribution in [3.63, 3.8) is 0 Å². The van der Waals surface area contributed by atoms with Crippen LogP contribution in [0.3, 0.4) is 0 Å². The molecule has 1 aliphatic rings. The van der Waals surface area contributed by atoms with Crippen LogP contribution in [0.1, 0.15) is 12.0 Å². The van der Waals surface area contributed by atoms with E-state index in [1.165, 1.54) is 12.3 Å². The van der Waals surface area contributed by atoms with Gasteiger partial charge in [-0.15, -0.1) is 0 Å². The predicted octanol–water partition coefficient (Wildman–Crippen LogP) is 2.81. The highest BCUT2D eigenvalue weighted by atomic mass is 35.5. The molecular weight excluding hydrogens is 417 g/mol. The van der Waals surface area contributed by atoms with Gasteiger partial charge in [0.1, 0.15) is 11.8 Å². The molecule has 0 saturated carbocycles. The summed E-state index contributed by atoms with van der Waals surface area (Å²) in [5.74, 6) is 0.00330. The van der Waals surface area contributed by atoms with E-state index in [0.29, 0.717) is 21.5 Å². The first-order valence-corrected chi connectivity index (χ1v) is 9.27. The number of methoxy groups -OCH3 is 1. The number of nitrogens with one attached hydrogen (secondary N) is 3. The van der Waals surface area contributed by atoms with E-state index in [-0.39, 0.29) is 12.4 Å². The maximum absolute atomic E-state index is 12.2. The van der Waals surface area contributed by atoms with Gasteiger partial charge in [0.2, 0.25) is 11.9 Å². The lowest BCUT2D eigenvalue weighted by molar-refractivity contribution is -0.123. The average Bonchev–Trinajstić information content (AvgIpc) is 3.03. The molecule has 0 aliphatic carbocycles. The highest BCUT2D eigenvalue weighted by molar-refractivity contribution is 6.36. The van der Waals surface area contributed by atoms with Crippen molar-refractivity contribution in [3.8, 4) is 5.75 Å². The normalized spacial score (nSPS) is 15.8. The number of benzene rings is 2. The molecular formula is C19H17Cl2N5O3. The number of halogens is 2. The Labute approximate surface area is 176 Å². The van der Waals surface area contributed by atoms with Gasteiger partial charge in [-0.1, -0.05) is 35.3 Å². The van der Waals surface area contributed by atoms with Crippen LogP contribution in [-0.4, -0.2) is 37.1 Å². The highest BCUT2D eigenvalue weighted by Gasteiger charge is 2.28. The van der Waals surface area contributed by atoms with Crippen LogP contribution < -0.4 is 20.8 Å². The molecule has 0 spiro atoms. The van der Waals surface area contributed by atoms with Gasteiger partial charge >= 0.3 is 0 Å². The fraction of sp³-hybridized carbons (Fsp3) is 0.158. The number of hydrogen-bond donors (Lipinski definition) is 3. The van der Waals surface area contributed by atoms with E-state index in [2.05, 4.69) is 26.2 Å². The molecule has 2 aromatic carbocycles. The second-order valence-corrected chi connectivity index (χ2v) is 6.81. The number of ether oxygens (including phenoxy) is 1. The maximum Gasteiger partial charge on any atom is 0.252 e. The first kappa shape index (κ1) is 20.6. The molecule has 3 N–H and O–H groups in total. The van der Waals surface area contributed by atoms with Gasteiger partial charge < -0.3 is 10.1 Å². The molecule has 3 rings (SSSR count). The largest absolute Gasteiger partial charge is 0.496 e. The summed E-state index contributed by atoms with van der Waals surface area (Å²) in [7, 11) is 1.56. The van der Waals surface area contributed by atoms with Gasteiger partial charge in [0.25, 0.3) is 5.91 Å². The minimum atomic E-state index is -0.870. The van der Waals surface area contributed by atoms with Crippen molar-refractivity contribution in [1.82, 2.24) is 10.7 Å². The lowest BCUT2D eigenvalue weighted by atomic mass is 10.2. The Hall–Kier alpha value is -3.10. The lowest BCUT2D eigenvalue weighted by Gasteiger charge is -2.08. The van der Waals surface area contributed by atoms with Crippen LogP contribution >= 0.6 is 23.2 Å². The van der Waals surface area contributed by atoms with Gasteiger partial charge in [-0.2, -0.15) is 5.10 Å². The Kier molecular flexibility index (Phi) is 6.69. The van der Waals surface area contributed by atoms with Gasteiger partial charge in [0.15, 0.2) is 0 Å². The molecule has 0 saturated heterocycles. The molecule has 0 aromatic heterocycles. The molecule has 150 valence electrons. The van der Waals surface area contributed by atoms with E-state index >= 15 is 0 Å². The average molecular weight is 434 g/mol. The monoisotopic (exact) mass is 433 g/mol.